The van der Waals surface area contributed by atoms with Crippen LogP contribution < -0.4 is 0 Å². The molecule has 0 aliphatic rings. The first-order valence-electron chi connectivity index (χ1n) is 8.01. The van der Waals surface area contributed by atoms with E-state index in [9.17, 15) is 4.79 Å². The highest BCUT2D eigenvalue weighted by molar-refractivity contribution is 6.14. The minimum atomic E-state index is 0.0220. The van der Waals surface area contributed by atoms with Gasteiger partial charge in [0.25, 0.3) is 0 Å². The molecule has 1 aromatic heterocycles. The Bertz CT molecular complexity index is 838. The molecule has 3 rings (SSSR count). The Hall–Kier alpha value is -2.61. The van der Waals surface area contributed by atoms with Crippen molar-refractivity contribution in [3.8, 4) is 0 Å². The van der Waals surface area contributed by atoms with Crippen molar-refractivity contribution in [2.24, 2.45) is 5.92 Å². The predicted molar refractivity (Wildman–Crippen MR) is 96.6 cm³/mol. The molecule has 0 spiro atoms. The number of aromatic amines is 1. The van der Waals surface area contributed by atoms with Gasteiger partial charge in [0.2, 0.25) is 0 Å². The van der Waals surface area contributed by atoms with Crippen LogP contribution in [0.15, 0.2) is 60.8 Å². The summed E-state index contributed by atoms with van der Waals surface area (Å²) in [5, 5.41) is 0.967. The number of para-hydroxylation sites is 1. The van der Waals surface area contributed by atoms with Gasteiger partial charge in [-0.2, -0.15) is 0 Å². The Morgan fingerprint density at radius 1 is 1.09 bits per heavy atom. The van der Waals surface area contributed by atoms with Crippen LogP contribution in [0.2, 0.25) is 0 Å². The van der Waals surface area contributed by atoms with Crippen LogP contribution in [0.5, 0.6) is 0 Å². The predicted octanol–water partition coefficient (Wildman–Crippen LogP) is 5.26. The number of carbonyl (C=O) groups excluding carboxylic acids is 1. The van der Waals surface area contributed by atoms with Crippen molar-refractivity contribution in [1.29, 1.82) is 0 Å². The number of hydrogen-bond acceptors (Lipinski definition) is 1. The molecule has 0 aliphatic heterocycles. The molecule has 2 aromatic carbocycles. The highest BCUT2D eigenvalue weighted by Crippen LogP contribution is 2.19. The van der Waals surface area contributed by atoms with Gasteiger partial charge in [0.05, 0.1) is 0 Å². The minimum Gasteiger partial charge on any atom is -0.360 e. The Kier molecular flexibility index (Phi) is 4.42. The maximum absolute atomic E-state index is 12.4. The summed E-state index contributed by atoms with van der Waals surface area (Å²) in [6.07, 6.45) is 6.39. The van der Waals surface area contributed by atoms with Crippen LogP contribution in [-0.2, 0) is 6.42 Å². The number of fused-ring (bicyclic) bond motifs is 1. The Labute approximate surface area is 136 Å². The Morgan fingerprint density at radius 3 is 2.57 bits per heavy atom. The Balaban J connectivity index is 1.75. The highest BCUT2D eigenvalue weighted by atomic mass is 16.1. The topological polar surface area (TPSA) is 32.9 Å². The lowest BCUT2D eigenvalue weighted by Crippen LogP contribution is -1.94. The molecule has 3 aromatic rings. The van der Waals surface area contributed by atoms with Crippen molar-refractivity contribution in [3.05, 3.63) is 77.5 Å². The number of ketones is 1. The van der Waals surface area contributed by atoms with Gasteiger partial charge in [0, 0.05) is 22.7 Å². The van der Waals surface area contributed by atoms with E-state index in [0.717, 1.165) is 22.9 Å². The third-order valence-corrected chi connectivity index (χ3v) is 3.91. The SMILES string of the molecule is CC(C)Cc1ccc(C=CC(=O)c2c[nH]c3ccccc23)cc1. The summed E-state index contributed by atoms with van der Waals surface area (Å²) in [4.78, 5) is 15.5. The van der Waals surface area contributed by atoms with E-state index in [1.54, 1.807) is 12.3 Å². The number of nitrogens with one attached hydrogen (secondary N) is 1. The first-order valence-corrected chi connectivity index (χ1v) is 8.01. The van der Waals surface area contributed by atoms with Gasteiger partial charge in [-0.3, -0.25) is 4.79 Å². The van der Waals surface area contributed by atoms with Crippen molar-refractivity contribution in [2.45, 2.75) is 20.3 Å². The van der Waals surface area contributed by atoms with Crippen LogP contribution in [0.4, 0.5) is 0 Å². The largest absolute Gasteiger partial charge is 0.360 e. The van der Waals surface area contributed by atoms with Crippen molar-refractivity contribution >= 4 is 22.8 Å². The lowest BCUT2D eigenvalue weighted by atomic mass is 10.0. The van der Waals surface area contributed by atoms with Crippen molar-refractivity contribution in [2.75, 3.05) is 0 Å². The summed E-state index contributed by atoms with van der Waals surface area (Å²) in [5.74, 6) is 0.675. The molecule has 1 heterocycles. The van der Waals surface area contributed by atoms with Gasteiger partial charge in [-0.15, -0.1) is 0 Å². The lowest BCUT2D eigenvalue weighted by molar-refractivity contribution is 0.104. The zero-order valence-electron chi connectivity index (χ0n) is 13.5. The molecular weight excluding hydrogens is 282 g/mol. The molecule has 23 heavy (non-hydrogen) atoms. The van der Waals surface area contributed by atoms with Crippen molar-refractivity contribution in [3.63, 3.8) is 0 Å². The second-order valence-corrected chi connectivity index (χ2v) is 6.29. The summed E-state index contributed by atoms with van der Waals surface area (Å²) in [6.45, 7) is 4.43. The van der Waals surface area contributed by atoms with Crippen LogP contribution in [-0.4, -0.2) is 10.8 Å². The highest BCUT2D eigenvalue weighted by Gasteiger charge is 2.08. The molecule has 0 atom stereocenters. The van der Waals surface area contributed by atoms with Crippen LogP contribution in [0.25, 0.3) is 17.0 Å². The number of carbonyl (C=O) groups is 1. The van der Waals surface area contributed by atoms with Crippen LogP contribution >= 0.6 is 0 Å². The van der Waals surface area contributed by atoms with Crippen molar-refractivity contribution < 1.29 is 4.79 Å². The molecule has 0 amide bonds. The zero-order valence-corrected chi connectivity index (χ0v) is 13.5. The maximum Gasteiger partial charge on any atom is 0.187 e. The van der Waals surface area contributed by atoms with Gasteiger partial charge >= 0.3 is 0 Å². The van der Waals surface area contributed by atoms with Gasteiger partial charge in [-0.1, -0.05) is 62.4 Å². The third-order valence-electron chi connectivity index (χ3n) is 3.91. The normalized spacial score (nSPS) is 11.6. The molecule has 2 heteroatoms. The monoisotopic (exact) mass is 303 g/mol. The molecule has 2 nitrogen and oxygen atoms in total. The second-order valence-electron chi connectivity index (χ2n) is 6.29. The number of aromatic nitrogens is 1. The first-order chi connectivity index (χ1) is 11.1. The molecule has 0 saturated heterocycles. The van der Waals surface area contributed by atoms with Crippen LogP contribution in [0, 0.1) is 5.92 Å². The molecule has 0 bridgehead atoms. The van der Waals surface area contributed by atoms with E-state index in [0.29, 0.717) is 11.5 Å². The van der Waals surface area contributed by atoms with Gasteiger partial charge in [-0.05, 0) is 35.6 Å². The Morgan fingerprint density at radius 2 is 1.83 bits per heavy atom. The average Bonchev–Trinajstić information content (AvgIpc) is 2.97. The maximum atomic E-state index is 12.4. The standard InChI is InChI=1S/C21H21NO/c1-15(2)13-17-9-7-16(8-10-17)11-12-21(23)19-14-22-20-6-4-3-5-18(19)20/h3-12,14-15,22H,13H2,1-2H3. The fourth-order valence-corrected chi connectivity index (χ4v) is 2.77. The number of rotatable bonds is 5. The fraction of sp³-hybridized carbons (Fsp3) is 0.190. The number of H-pyrrole nitrogens is 1. The van der Waals surface area contributed by atoms with Gasteiger partial charge in [-0.25, -0.2) is 0 Å². The molecule has 116 valence electrons. The second kappa shape index (κ2) is 6.66. The quantitative estimate of drug-likeness (QED) is 0.506. The number of hydrogen-bond donors (Lipinski definition) is 1. The molecule has 0 aliphatic carbocycles. The van der Waals surface area contributed by atoms with Gasteiger partial charge in [0.1, 0.15) is 0 Å². The van der Waals surface area contributed by atoms with Crippen molar-refractivity contribution in [1.82, 2.24) is 4.98 Å². The summed E-state index contributed by atoms with van der Waals surface area (Å²) in [7, 11) is 0. The minimum absolute atomic E-state index is 0.0220. The summed E-state index contributed by atoms with van der Waals surface area (Å²) in [6, 6.07) is 16.3. The summed E-state index contributed by atoms with van der Waals surface area (Å²) in [5.41, 5.74) is 4.08. The third kappa shape index (κ3) is 3.59. The first kappa shape index (κ1) is 15.3. The molecule has 0 fully saturated rings. The van der Waals surface area contributed by atoms with E-state index in [4.69, 9.17) is 0 Å². The molecule has 0 radical (unpaired) electrons. The van der Waals surface area contributed by atoms with E-state index < -0.39 is 0 Å². The fourth-order valence-electron chi connectivity index (χ4n) is 2.77. The van der Waals surface area contributed by atoms with E-state index >= 15 is 0 Å². The van der Waals surface area contributed by atoms with E-state index in [1.165, 1.54) is 5.56 Å². The molecule has 0 saturated carbocycles. The van der Waals surface area contributed by atoms with Gasteiger partial charge in [0.15, 0.2) is 5.78 Å². The van der Waals surface area contributed by atoms with E-state index in [2.05, 4.69) is 43.1 Å². The van der Waals surface area contributed by atoms with Crippen LogP contribution in [0.3, 0.4) is 0 Å². The molecular formula is C21H21NO. The smallest absolute Gasteiger partial charge is 0.187 e. The number of allylic oxidation sites excluding steroid dienone is 1. The summed E-state index contributed by atoms with van der Waals surface area (Å²) < 4.78 is 0. The average molecular weight is 303 g/mol. The zero-order chi connectivity index (χ0) is 16.2. The lowest BCUT2D eigenvalue weighted by Gasteiger charge is -2.04. The van der Waals surface area contributed by atoms with Gasteiger partial charge < -0.3 is 4.98 Å². The molecule has 1 N–H and O–H groups in total. The number of benzene rings is 2. The molecule has 0 unspecified atom stereocenters. The van der Waals surface area contributed by atoms with Crippen LogP contribution in [0.1, 0.15) is 35.3 Å². The summed E-state index contributed by atoms with van der Waals surface area (Å²) >= 11 is 0. The van der Waals surface area contributed by atoms with E-state index in [-0.39, 0.29) is 5.78 Å². The van der Waals surface area contributed by atoms with E-state index in [1.807, 2.05) is 30.3 Å².